The molecule has 0 bridgehead atoms. The third kappa shape index (κ3) is 5.01. The number of rotatable bonds is 9. The fourth-order valence-electron chi connectivity index (χ4n) is 2.63. The van der Waals surface area contributed by atoms with E-state index in [1.165, 1.54) is 0 Å². The predicted octanol–water partition coefficient (Wildman–Crippen LogP) is 4.07. The van der Waals surface area contributed by atoms with Crippen LogP contribution in [-0.2, 0) is 4.74 Å². The molecule has 0 spiro atoms. The number of allylic oxidation sites excluding steroid dienone is 1. The van der Waals surface area contributed by atoms with Crippen LogP contribution in [0.25, 0.3) is 6.08 Å². The third-order valence-corrected chi connectivity index (χ3v) is 4.30. The maximum atomic E-state index is 9.50. The number of anilines is 1. The zero-order valence-electron chi connectivity index (χ0n) is 14.4. The van der Waals surface area contributed by atoms with Gasteiger partial charge in [-0.05, 0) is 36.3 Å². The van der Waals surface area contributed by atoms with Crippen molar-refractivity contribution in [2.75, 3.05) is 32.7 Å². The van der Waals surface area contributed by atoms with Gasteiger partial charge >= 0.3 is 0 Å². The largest absolute Gasteiger partial charge is 0.483 e. The predicted molar refractivity (Wildman–Crippen MR) is 101 cm³/mol. The third-order valence-electron chi connectivity index (χ3n) is 3.81. The molecule has 0 heterocycles. The Labute approximate surface area is 148 Å². The van der Waals surface area contributed by atoms with Crippen LogP contribution in [0.4, 0.5) is 5.69 Å². The van der Waals surface area contributed by atoms with E-state index in [-0.39, 0.29) is 12.8 Å². The standard InChI is InChI=1S/C18H27BrN2O2/c1-6-8-18(23-5)21(4)17(11-12-22)20(3)16-10-9-15(19)13-14(16)7-2/h7-10,13,17,22H,2,6,11-12H2,1,3-5H3/b18-8+. The smallest absolute Gasteiger partial charge is 0.186 e. The van der Waals surface area contributed by atoms with E-state index >= 15 is 0 Å². The molecule has 1 aromatic rings. The van der Waals surface area contributed by atoms with Crippen molar-refractivity contribution in [1.82, 2.24) is 4.90 Å². The molecule has 0 aliphatic carbocycles. The van der Waals surface area contributed by atoms with E-state index in [4.69, 9.17) is 4.74 Å². The number of aliphatic hydroxyl groups excluding tert-OH is 1. The average molecular weight is 383 g/mol. The van der Waals surface area contributed by atoms with E-state index in [2.05, 4.69) is 45.3 Å². The van der Waals surface area contributed by atoms with Crippen molar-refractivity contribution in [3.05, 3.63) is 46.8 Å². The summed E-state index contributed by atoms with van der Waals surface area (Å²) in [5.41, 5.74) is 2.09. The van der Waals surface area contributed by atoms with E-state index in [0.29, 0.717) is 6.42 Å². The molecule has 128 valence electrons. The second-order valence-corrected chi connectivity index (χ2v) is 6.19. The minimum atomic E-state index is -0.0300. The summed E-state index contributed by atoms with van der Waals surface area (Å²) in [6, 6.07) is 6.09. The number of hydrogen-bond acceptors (Lipinski definition) is 4. The maximum Gasteiger partial charge on any atom is 0.186 e. The molecule has 0 aliphatic rings. The van der Waals surface area contributed by atoms with E-state index in [9.17, 15) is 5.11 Å². The molecule has 1 N–H and O–H groups in total. The zero-order chi connectivity index (χ0) is 17.4. The van der Waals surface area contributed by atoms with Crippen LogP contribution in [0.3, 0.4) is 0 Å². The number of halogens is 1. The second-order valence-electron chi connectivity index (χ2n) is 5.28. The number of nitrogens with zero attached hydrogens (tertiary/aromatic N) is 2. The number of aliphatic hydroxyl groups is 1. The molecular weight excluding hydrogens is 356 g/mol. The van der Waals surface area contributed by atoms with E-state index < -0.39 is 0 Å². The molecule has 1 rings (SSSR count). The van der Waals surface area contributed by atoms with E-state index in [1.807, 2.05) is 38.4 Å². The highest BCUT2D eigenvalue weighted by atomic mass is 79.9. The first-order valence-corrected chi connectivity index (χ1v) is 8.52. The van der Waals surface area contributed by atoms with Crippen molar-refractivity contribution in [3.63, 3.8) is 0 Å². The average Bonchev–Trinajstić information content (AvgIpc) is 2.56. The molecule has 0 radical (unpaired) electrons. The molecule has 1 aromatic carbocycles. The fourth-order valence-corrected chi connectivity index (χ4v) is 3.00. The Morgan fingerprint density at radius 2 is 2.13 bits per heavy atom. The zero-order valence-corrected chi connectivity index (χ0v) is 16.0. The summed E-state index contributed by atoms with van der Waals surface area (Å²) in [5, 5.41) is 9.50. The first-order chi connectivity index (χ1) is 11.0. The van der Waals surface area contributed by atoms with Crippen LogP contribution in [-0.4, -0.2) is 44.0 Å². The lowest BCUT2D eigenvalue weighted by atomic mass is 10.1. The molecule has 0 aliphatic heterocycles. The minimum Gasteiger partial charge on any atom is -0.483 e. The van der Waals surface area contributed by atoms with Gasteiger partial charge in [-0.3, -0.25) is 0 Å². The van der Waals surface area contributed by atoms with Gasteiger partial charge in [-0.2, -0.15) is 0 Å². The molecule has 0 saturated carbocycles. The van der Waals surface area contributed by atoms with Gasteiger partial charge in [-0.1, -0.05) is 35.5 Å². The molecule has 1 atom stereocenters. The van der Waals surface area contributed by atoms with Crippen molar-refractivity contribution in [2.45, 2.75) is 25.9 Å². The van der Waals surface area contributed by atoms with Crippen molar-refractivity contribution >= 4 is 27.7 Å². The number of hydrogen-bond donors (Lipinski definition) is 1. The molecule has 0 fully saturated rings. The minimum absolute atomic E-state index is 0.0300. The molecule has 5 heteroatoms. The molecule has 0 saturated heterocycles. The van der Waals surface area contributed by atoms with Crippen LogP contribution in [0.15, 0.2) is 41.2 Å². The summed E-state index contributed by atoms with van der Waals surface area (Å²) >= 11 is 3.49. The number of ether oxygens (including phenoxy) is 1. The maximum absolute atomic E-state index is 9.50. The van der Waals surface area contributed by atoms with Crippen molar-refractivity contribution < 1.29 is 9.84 Å². The van der Waals surface area contributed by atoms with Gasteiger partial charge in [0.1, 0.15) is 6.17 Å². The molecular formula is C18H27BrN2O2. The summed E-state index contributed by atoms with van der Waals surface area (Å²) < 4.78 is 6.51. The normalized spacial score (nSPS) is 12.7. The highest BCUT2D eigenvalue weighted by molar-refractivity contribution is 9.10. The van der Waals surface area contributed by atoms with Gasteiger partial charge in [0.15, 0.2) is 5.88 Å². The Balaban J connectivity index is 3.18. The number of benzene rings is 1. The van der Waals surface area contributed by atoms with Crippen molar-refractivity contribution in [2.24, 2.45) is 0 Å². The Morgan fingerprint density at radius 1 is 1.43 bits per heavy atom. The van der Waals surface area contributed by atoms with Crippen LogP contribution < -0.4 is 4.90 Å². The lowest BCUT2D eigenvalue weighted by Crippen LogP contribution is -2.45. The SMILES string of the molecule is C=Cc1cc(Br)ccc1N(C)C(CCO)N(C)/C(=C\CC)OC. The highest BCUT2D eigenvalue weighted by Crippen LogP contribution is 2.28. The monoisotopic (exact) mass is 382 g/mol. The van der Waals surface area contributed by atoms with Gasteiger partial charge in [0.2, 0.25) is 0 Å². The van der Waals surface area contributed by atoms with Gasteiger partial charge in [-0.15, -0.1) is 0 Å². The van der Waals surface area contributed by atoms with Gasteiger partial charge in [0, 0.05) is 37.3 Å². The summed E-state index contributed by atoms with van der Waals surface area (Å²) in [6.07, 6.45) is 5.33. The van der Waals surface area contributed by atoms with Crippen LogP contribution in [0.5, 0.6) is 0 Å². The van der Waals surface area contributed by atoms with Crippen LogP contribution in [0.1, 0.15) is 25.3 Å². The van der Waals surface area contributed by atoms with Gasteiger partial charge in [0.05, 0.1) is 7.11 Å². The summed E-state index contributed by atoms with van der Waals surface area (Å²) in [6.45, 7) is 6.07. The van der Waals surface area contributed by atoms with Gasteiger partial charge in [0.25, 0.3) is 0 Å². The van der Waals surface area contributed by atoms with Gasteiger partial charge < -0.3 is 19.6 Å². The Hall–Kier alpha value is -1.46. The first-order valence-electron chi connectivity index (χ1n) is 7.72. The Morgan fingerprint density at radius 3 is 2.65 bits per heavy atom. The molecule has 23 heavy (non-hydrogen) atoms. The Bertz CT molecular complexity index is 546. The topological polar surface area (TPSA) is 35.9 Å². The lowest BCUT2D eigenvalue weighted by Gasteiger charge is -2.39. The first kappa shape index (κ1) is 19.6. The molecule has 1 unspecified atom stereocenters. The molecule has 0 amide bonds. The summed E-state index contributed by atoms with van der Waals surface area (Å²) in [5.74, 6) is 0.801. The second kappa shape index (κ2) is 9.63. The molecule has 4 nitrogen and oxygen atoms in total. The molecule has 0 aromatic heterocycles. The van der Waals surface area contributed by atoms with E-state index in [0.717, 1.165) is 28.0 Å². The fraction of sp³-hybridized carbons (Fsp3) is 0.444. The summed E-state index contributed by atoms with van der Waals surface area (Å²) in [4.78, 5) is 4.19. The van der Waals surface area contributed by atoms with Crippen molar-refractivity contribution in [1.29, 1.82) is 0 Å². The van der Waals surface area contributed by atoms with Crippen molar-refractivity contribution in [3.8, 4) is 0 Å². The quantitative estimate of drug-likeness (QED) is 0.515. The highest BCUT2D eigenvalue weighted by Gasteiger charge is 2.23. The summed E-state index contributed by atoms with van der Waals surface area (Å²) in [7, 11) is 5.67. The lowest BCUT2D eigenvalue weighted by molar-refractivity contribution is 0.121. The van der Waals surface area contributed by atoms with Gasteiger partial charge in [-0.25, -0.2) is 0 Å². The van der Waals surface area contributed by atoms with Crippen LogP contribution in [0, 0.1) is 0 Å². The van der Waals surface area contributed by atoms with E-state index in [1.54, 1.807) is 7.11 Å². The van der Waals surface area contributed by atoms with Crippen LogP contribution >= 0.6 is 15.9 Å². The van der Waals surface area contributed by atoms with Crippen LogP contribution in [0.2, 0.25) is 0 Å². The Kier molecular flexibility index (Phi) is 8.20. The number of methoxy groups -OCH3 is 1.